The van der Waals surface area contributed by atoms with Crippen LogP contribution in [0.4, 0.5) is 18.0 Å². The summed E-state index contributed by atoms with van der Waals surface area (Å²) >= 11 is 0.604. The number of nitrogens with zero attached hydrogens (tertiary/aromatic N) is 1. The fourth-order valence-corrected chi connectivity index (χ4v) is 3.30. The number of amides is 2. The van der Waals surface area contributed by atoms with E-state index in [2.05, 4.69) is 0 Å². The number of para-hydroxylation sites is 1. The number of phenolic OH excluding ortho intramolecular Hbond substituents is 2. The molecule has 2 aromatic rings. The highest BCUT2D eigenvalue weighted by molar-refractivity contribution is 8.18. The number of halogens is 3. The molecule has 2 amide bonds. The lowest BCUT2D eigenvalue weighted by molar-refractivity contribution is -0.137. The summed E-state index contributed by atoms with van der Waals surface area (Å²) in [4.78, 5) is 25.4. The van der Waals surface area contributed by atoms with Crippen LogP contribution >= 0.6 is 11.8 Å². The molecule has 0 saturated carbocycles. The van der Waals surface area contributed by atoms with Crippen molar-refractivity contribution in [2.75, 3.05) is 0 Å². The molecule has 0 aromatic heterocycles. The van der Waals surface area contributed by atoms with Gasteiger partial charge in [-0.3, -0.25) is 14.5 Å². The summed E-state index contributed by atoms with van der Waals surface area (Å²) in [7, 11) is 0. The average Bonchev–Trinajstić information content (AvgIpc) is 2.86. The van der Waals surface area contributed by atoms with E-state index in [1.807, 2.05) is 0 Å². The zero-order chi connectivity index (χ0) is 19.8. The molecule has 9 heteroatoms. The molecule has 5 nitrogen and oxygen atoms in total. The van der Waals surface area contributed by atoms with Gasteiger partial charge in [0.15, 0.2) is 11.5 Å². The van der Waals surface area contributed by atoms with Gasteiger partial charge in [0, 0.05) is 5.56 Å². The fraction of sp³-hybridized carbons (Fsp3) is 0.111. The van der Waals surface area contributed by atoms with Crippen molar-refractivity contribution >= 4 is 29.0 Å². The number of thioether (sulfide) groups is 1. The molecule has 3 rings (SSSR count). The van der Waals surface area contributed by atoms with Gasteiger partial charge in [0.25, 0.3) is 11.1 Å². The summed E-state index contributed by atoms with van der Waals surface area (Å²) in [6, 6.07) is 8.53. The Bertz CT molecular complexity index is 956. The van der Waals surface area contributed by atoms with Crippen molar-refractivity contribution in [2.24, 2.45) is 0 Å². The second-order valence-electron chi connectivity index (χ2n) is 5.68. The Balaban J connectivity index is 1.85. The zero-order valence-electron chi connectivity index (χ0n) is 13.5. The molecule has 2 N–H and O–H groups in total. The Hall–Kier alpha value is -2.94. The first kappa shape index (κ1) is 18.8. The molecule has 0 radical (unpaired) electrons. The lowest BCUT2D eigenvalue weighted by Gasteiger charge is -2.14. The predicted molar refractivity (Wildman–Crippen MR) is 92.7 cm³/mol. The molecule has 0 spiro atoms. The molecule has 1 aliphatic rings. The Morgan fingerprint density at radius 3 is 2.48 bits per heavy atom. The van der Waals surface area contributed by atoms with Crippen LogP contribution in [0.1, 0.15) is 16.7 Å². The van der Waals surface area contributed by atoms with Crippen LogP contribution in [-0.2, 0) is 17.5 Å². The molecule has 0 aliphatic carbocycles. The number of hydrogen-bond acceptors (Lipinski definition) is 5. The van der Waals surface area contributed by atoms with Crippen LogP contribution < -0.4 is 0 Å². The number of carbonyl (C=O) groups is 2. The van der Waals surface area contributed by atoms with Crippen molar-refractivity contribution in [1.82, 2.24) is 4.90 Å². The number of carbonyl (C=O) groups excluding carboxylic acids is 2. The van der Waals surface area contributed by atoms with E-state index >= 15 is 0 Å². The van der Waals surface area contributed by atoms with Gasteiger partial charge in [-0.15, -0.1) is 0 Å². The van der Waals surface area contributed by atoms with Crippen molar-refractivity contribution in [3.05, 3.63) is 64.1 Å². The van der Waals surface area contributed by atoms with Gasteiger partial charge >= 0.3 is 6.18 Å². The number of imide groups is 1. The monoisotopic (exact) mass is 395 g/mol. The van der Waals surface area contributed by atoms with Crippen LogP contribution in [-0.4, -0.2) is 26.3 Å². The van der Waals surface area contributed by atoms with E-state index in [9.17, 15) is 33.0 Å². The van der Waals surface area contributed by atoms with E-state index in [0.29, 0.717) is 11.8 Å². The Labute approximate surface area is 155 Å². The highest BCUT2D eigenvalue weighted by Gasteiger charge is 2.36. The third-order valence-electron chi connectivity index (χ3n) is 3.80. The molecular formula is C18H12F3NO4S. The highest BCUT2D eigenvalue weighted by Crippen LogP contribution is 2.37. The van der Waals surface area contributed by atoms with Gasteiger partial charge in [-0.2, -0.15) is 13.2 Å². The molecule has 0 unspecified atom stereocenters. The second kappa shape index (κ2) is 6.99. The number of alkyl halides is 3. The van der Waals surface area contributed by atoms with Crippen LogP contribution in [0.3, 0.4) is 0 Å². The van der Waals surface area contributed by atoms with E-state index in [-0.39, 0.29) is 28.3 Å². The van der Waals surface area contributed by atoms with E-state index in [1.165, 1.54) is 36.4 Å². The van der Waals surface area contributed by atoms with Crippen molar-refractivity contribution in [3.63, 3.8) is 0 Å². The summed E-state index contributed by atoms with van der Waals surface area (Å²) in [6.07, 6.45) is -3.28. The maximum Gasteiger partial charge on any atom is 0.416 e. The number of rotatable bonds is 3. The highest BCUT2D eigenvalue weighted by atomic mass is 32.2. The van der Waals surface area contributed by atoms with E-state index in [0.717, 1.165) is 17.0 Å². The zero-order valence-corrected chi connectivity index (χ0v) is 14.3. The number of aromatic hydroxyl groups is 2. The normalized spacial score (nSPS) is 16.4. The van der Waals surface area contributed by atoms with Gasteiger partial charge < -0.3 is 10.2 Å². The molecular weight excluding hydrogens is 383 g/mol. The Kier molecular flexibility index (Phi) is 4.88. The maximum atomic E-state index is 12.8. The van der Waals surface area contributed by atoms with Gasteiger partial charge in [-0.25, -0.2) is 0 Å². The second-order valence-corrected chi connectivity index (χ2v) is 6.67. The van der Waals surface area contributed by atoms with Crippen molar-refractivity contribution in [1.29, 1.82) is 0 Å². The standard InChI is InChI=1S/C18H12F3NO4S/c19-18(20,21)12-5-1-3-10(7-12)9-22-16(25)14(27-17(22)26)8-11-4-2-6-13(23)15(11)24/h1-8,23-24H,9H2. The van der Waals surface area contributed by atoms with Gasteiger partial charge in [0.05, 0.1) is 17.0 Å². The maximum absolute atomic E-state index is 12.8. The predicted octanol–water partition coefficient (Wildman–Crippen LogP) is 4.35. The fourth-order valence-electron chi connectivity index (χ4n) is 2.47. The number of benzene rings is 2. The SMILES string of the molecule is O=C1SC(=Cc2cccc(O)c2O)C(=O)N1Cc1cccc(C(F)(F)F)c1. The van der Waals surface area contributed by atoms with Crippen LogP contribution in [0.2, 0.25) is 0 Å². The molecule has 140 valence electrons. The van der Waals surface area contributed by atoms with E-state index < -0.39 is 28.6 Å². The van der Waals surface area contributed by atoms with E-state index in [1.54, 1.807) is 0 Å². The minimum absolute atomic E-state index is 0.00660. The minimum atomic E-state index is -4.53. The third kappa shape index (κ3) is 3.92. The Morgan fingerprint density at radius 2 is 1.78 bits per heavy atom. The molecule has 27 heavy (non-hydrogen) atoms. The van der Waals surface area contributed by atoms with Gasteiger partial charge in [-0.1, -0.05) is 24.3 Å². The summed E-state index contributed by atoms with van der Waals surface area (Å²) in [5.41, 5.74) is -0.569. The summed E-state index contributed by atoms with van der Waals surface area (Å²) in [6.45, 7) is -0.308. The van der Waals surface area contributed by atoms with E-state index in [4.69, 9.17) is 0 Å². The van der Waals surface area contributed by atoms with Crippen molar-refractivity contribution < 1.29 is 33.0 Å². The van der Waals surface area contributed by atoms with Gasteiger partial charge in [-0.05, 0) is 41.6 Å². The molecule has 1 saturated heterocycles. The summed E-state index contributed by atoms with van der Waals surface area (Å²) in [5.74, 6) is -1.51. The van der Waals surface area contributed by atoms with Crippen molar-refractivity contribution in [2.45, 2.75) is 12.7 Å². The lowest BCUT2D eigenvalue weighted by Crippen LogP contribution is -2.27. The molecule has 1 aliphatic heterocycles. The molecule has 1 heterocycles. The quantitative estimate of drug-likeness (QED) is 0.597. The molecule has 1 fully saturated rings. The lowest BCUT2D eigenvalue weighted by atomic mass is 10.1. The largest absolute Gasteiger partial charge is 0.504 e. The summed E-state index contributed by atoms with van der Waals surface area (Å²) < 4.78 is 38.4. The molecule has 2 aromatic carbocycles. The number of phenols is 2. The van der Waals surface area contributed by atoms with Crippen molar-refractivity contribution in [3.8, 4) is 11.5 Å². The first-order valence-electron chi connectivity index (χ1n) is 7.59. The summed E-state index contributed by atoms with van der Waals surface area (Å²) in [5, 5.41) is 18.7. The smallest absolute Gasteiger partial charge is 0.416 e. The first-order chi connectivity index (χ1) is 12.7. The minimum Gasteiger partial charge on any atom is -0.504 e. The van der Waals surface area contributed by atoms with Crippen LogP contribution in [0.5, 0.6) is 11.5 Å². The molecule has 0 atom stereocenters. The first-order valence-corrected chi connectivity index (χ1v) is 8.41. The number of hydrogen-bond donors (Lipinski definition) is 2. The average molecular weight is 395 g/mol. The molecule has 0 bridgehead atoms. The van der Waals surface area contributed by atoms with Gasteiger partial charge in [0.2, 0.25) is 0 Å². The third-order valence-corrected chi connectivity index (χ3v) is 4.71. The Morgan fingerprint density at radius 1 is 1.07 bits per heavy atom. The van der Waals surface area contributed by atoms with Crippen LogP contribution in [0, 0.1) is 0 Å². The van der Waals surface area contributed by atoms with Crippen LogP contribution in [0.15, 0.2) is 47.4 Å². The van der Waals surface area contributed by atoms with Crippen LogP contribution in [0.25, 0.3) is 6.08 Å². The topological polar surface area (TPSA) is 77.8 Å². The van der Waals surface area contributed by atoms with Gasteiger partial charge in [0.1, 0.15) is 0 Å².